The summed E-state index contributed by atoms with van der Waals surface area (Å²) in [5.74, 6) is 1.24. The maximum atomic E-state index is 13.3. The molecule has 1 fully saturated rings. The third kappa shape index (κ3) is 5.33. The molecule has 0 bridgehead atoms. The molecule has 0 aromatic heterocycles. The summed E-state index contributed by atoms with van der Waals surface area (Å²) in [7, 11) is 3.79. The first-order chi connectivity index (χ1) is 13.2. The molecule has 3 rings (SSSR count). The van der Waals surface area contributed by atoms with E-state index in [0.29, 0.717) is 17.2 Å². The maximum absolute atomic E-state index is 13.3. The lowest BCUT2D eigenvalue weighted by Gasteiger charge is -2.34. The maximum Gasteiger partial charge on any atom is 0.257 e. The number of ether oxygens (including phenoxy) is 1. The molecule has 0 spiro atoms. The molecule has 0 aliphatic carbocycles. The normalized spacial score (nSPS) is 17.5. The van der Waals surface area contributed by atoms with Crippen molar-refractivity contribution >= 4 is 5.91 Å². The Morgan fingerprint density at radius 2 is 1.89 bits per heavy atom. The Morgan fingerprint density at radius 1 is 1.15 bits per heavy atom. The van der Waals surface area contributed by atoms with Crippen LogP contribution in [0.2, 0.25) is 0 Å². The van der Waals surface area contributed by atoms with Crippen LogP contribution in [0.1, 0.15) is 28.8 Å². The zero-order valence-corrected chi connectivity index (χ0v) is 16.4. The van der Waals surface area contributed by atoms with Crippen LogP contribution in [-0.4, -0.2) is 56.0 Å². The van der Waals surface area contributed by atoms with Gasteiger partial charge in [0.2, 0.25) is 0 Å². The van der Waals surface area contributed by atoms with Crippen molar-refractivity contribution in [2.24, 2.45) is 5.92 Å². The highest BCUT2D eigenvalue weighted by molar-refractivity contribution is 5.97. The van der Waals surface area contributed by atoms with Gasteiger partial charge in [-0.3, -0.25) is 4.79 Å². The third-order valence-electron chi connectivity index (χ3n) is 5.34. The number of para-hydroxylation sites is 1. The average Bonchev–Trinajstić information content (AvgIpc) is 2.71. The van der Waals surface area contributed by atoms with E-state index in [1.165, 1.54) is 18.4 Å². The summed E-state index contributed by atoms with van der Waals surface area (Å²) in [4.78, 5) is 17.7. The quantitative estimate of drug-likeness (QED) is 0.749. The molecular weight excluding hydrogens is 336 g/mol. The van der Waals surface area contributed by atoms with Gasteiger partial charge in [0.15, 0.2) is 0 Å². The molecule has 144 valence electrons. The number of carbonyl (C=O) groups excluding carboxylic acids is 1. The summed E-state index contributed by atoms with van der Waals surface area (Å²) >= 11 is 0. The van der Waals surface area contributed by atoms with Gasteiger partial charge in [-0.1, -0.05) is 42.5 Å². The standard InChI is InChI=1S/C23H30N2O2/c1-24-15-8-11-20(17-24)18-25(16-14-19-9-4-3-5-10-19)23(26)21-12-6-7-13-22(21)27-2/h3-7,9-10,12-13,20H,8,11,14-18H2,1-2H3/t20-/m0/s1. The lowest BCUT2D eigenvalue weighted by atomic mass is 9.97. The van der Waals surface area contributed by atoms with E-state index >= 15 is 0 Å². The van der Waals surface area contributed by atoms with Crippen LogP contribution in [0, 0.1) is 5.92 Å². The van der Waals surface area contributed by atoms with Crippen molar-refractivity contribution in [2.75, 3.05) is 40.3 Å². The van der Waals surface area contributed by atoms with E-state index in [-0.39, 0.29) is 5.91 Å². The average molecular weight is 367 g/mol. The summed E-state index contributed by atoms with van der Waals surface area (Å²) in [5, 5.41) is 0. The fourth-order valence-corrected chi connectivity index (χ4v) is 3.91. The largest absolute Gasteiger partial charge is 0.496 e. The Balaban J connectivity index is 1.76. The Labute approximate surface area is 162 Å². The number of benzene rings is 2. The van der Waals surface area contributed by atoms with E-state index in [0.717, 1.165) is 32.6 Å². The van der Waals surface area contributed by atoms with E-state index in [4.69, 9.17) is 4.74 Å². The molecule has 1 aliphatic rings. The minimum Gasteiger partial charge on any atom is -0.496 e. The monoisotopic (exact) mass is 366 g/mol. The molecule has 1 saturated heterocycles. The number of carbonyl (C=O) groups is 1. The number of amides is 1. The second kappa shape index (κ2) is 9.56. The minimum atomic E-state index is 0.0663. The molecule has 27 heavy (non-hydrogen) atoms. The zero-order valence-electron chi connectivity index (χ0n) is 16.4. The number of piperidine rings is 1. The number of hydrogen-bond donors (Lipinski definition) is 0. The molecule has 2 aromatic carbocycles. The SMILES string of the molecule is COc1ccccc1C(=O)N(CCc1ccccc1)C[C@H]1CCCN(C)C1. The number of nitrogens with zero attached hydrogens (tertiary/aromatic N) is 2. The van der Waals surface area contributed by atoms with Gasteiger partial charge in [0, 0.05) is 19.6 Å². The van der Waals surface area contributed by atoms with Gasteiger partial charge in [-0.25, -0.2) is 0 Å². The van der Waals surface area contributed by atoms with E-state index in [9.17, 15) is 4.79 Å². The molecule has 4 heteroatoms. The van der Waals surface area contributed by atoms with Crippen LogP contribution in [0.4, 0.5) is 0 Å². The highest BCUT2D eigenvalue weighted by Crippen LogP contribution is 2.22. The van der Waals surface area contributed by atoms with Gasteiger partial charge in [0.25, 0.3) is 5.91 Å². The molecule has 2 aromatic rings. The molecule has 0 unspecified atom stereocenters. The number of likely N-dealkylation sites (tertiary alicyclic amines) is 1. The molecule has 1 heterocycles. The van der Waals surface area contributed by atoms with Crippen LogP contribution >= 0.6 is 0 Å². The van der Waals surface area contributed by atoms with Crippen molar-refractivity contribution in [2.45, 2.75) is 19.3 Å². The van der Waals surface area contributed by atoms with Gasteiger partial charge in [-0.15, -0.1) is 0 Å². The van der Waals surface area contributed by atoms with E-state index in [2.05, 4.69) is 36.2 Å². The number of rotatable bonds is 7. The van der Waals surface area contributed by atoms with Crippen molar-refractivity contribution < 1.29 is 9.53 Å². The highest BCUT2D eigenvalue weighted by atomic mass is 16.5. The molecular formula is C23H30N2O2. The first-order valence-corrected chi connectivity index (χ1v) is 9.82. The summed E-state index contributed by atoms with van der Waals surface area (Å²) in [5.41, 5.74) is 1.91. The fourth-order valence-electron chi connectivity index (χ4n) is 3.91. The van der Waals surface area contributed by atoms with Crippen molar-refractivity contribution in [1.29, 1.82) is 0 Å². The van der Waals surface area contributed by atoms with Crippen LogP contribution in [0.5, 0.6) is 5.75 Å². The van der Waals surface area contributed by atoms with Crippen LogP contribution in [0.15, 0.2) is 54.6 Å². The predicted octanol–water partition coefficient (Wildman–Crippen LogP) is 3.72. The molecule has 0 radical (unpaired) electrons. The summed E-state index contributed by atoms with van der Waals surface area (Å²) < 4.78 is 5.43. The van der Waals surface area contributed by atoms with Gasteiger partial charge in [0.05, 0.1) is 12.7 Å². The van der Waals surface area contributed by atoms with Crippen molar-refractivity contribution in [3.63, 3.8) is 0 Å². The van der Waals surface area contributed by atoms with E-state index in [1.807, 2.05) is 35.2 Å². The van der Waals surface area contributed by atoms with E-state index < -0.39 is 0 Å². The smallest absolute Gasteiger partial charge is 0.257 e. The summed E-state index contributed by atoms with van der Waals surface area (Å²) in [6.07, 6.45) is 3.26. The molecule has 1 amide bonds. The molecule has 1 aliphatic heterocycles. The third-order valence-corrected chi connectivity index (χ3v) is 5.34. The van der Waals surface area contributed by atoms with Gasteiger partial charge < -0.3 is 14.5 Å². The van der Waals surface area contributed by atoms with Crippen molar-refractivity contribution in [3.8, 4) is 5.75 Å². The van der Waals surface area contributed by atoms with E-state index in [1.54, 1.807) is 7.11 Å². The summed E-state index contributed by atoms with van der Waals surface area (Å²) in [6.45, 7) is 3.73. The van der Waals surface area contributed by atoms with Crippen LogP contribution in [0.25, 0.3) is 0 Å². The number of methoxy groups -OCH3 is 1. The Morgan fingerprint density at radius 3 is 2.63 bits per heavy atom. The van der Waals surface area contributed by atoms with Gasteiger partial charge in [-0.2, -0.15) is 0 Å². The summed E-state index contributed by atoms with van der Waals surface area (Å²) in [6, 6.07) is 17.9. The highest BCUT2D eigenvalue weighted by Gasteiger charge is 2.25. The zero-order chi connectivity index (χ0) is 19.1. The van der Waals surface area contributed by atoms with Crippen LogP contribution < -0.4 is 4.74 Å². The lowest BCUT2D eigenvalue weighted by molar-refractivity contribution is 0.0690. The van der Waals surface area contributed by atoms with Gasteiger partial charge in [0.1, 0.15) is 5.75 Å². The molecule has 1 atom stereocenters. The fraction of sp³-hybridized carbons (Fsp3) is 0.435. The first-order valence-electron chi connectivity index (χ1n) is 9.82. The van der Waals surface area contributed by atoms with Crippen LogP contribution in [0.3, 0.4) is 0 Å². The first kappa shape index (κ1) is 19.4. The van der Waals surface area contributed by atoms with Crippen molar-refractivity contribution in [1.82, 2.24) is 9.80 Å². The Kier molecular flexibility index (Phi) is 6.88. The Bertz CT molecular complexity index is 732. The van der Waals surface area contributed by atoms with Crippen molar-refractivity contribution in [3.05, 3.63) is 65.7 Å². The van der Waals surface area contributed by atoms with Gasteiger partial charge >= 0.3 is 0 Å². The second-order valence-electron chi connectivity index (χ2n) is 7.46. The predicted molar refractivity (Wildman–Crippen MR) is 109 cm³/mol. The lowest BCUT2D eigenvalue weighted by Crippen LogP contribution is -2.42. The minimum absolute atomic E-state index is 0.0663. The Hall–Kier alpha value is -2.33. The van der Waals surface area contributed by atoms with Crippen LogP contribution in [-0.2, 0) is 6.42 Å². The molecule has 0 saturated carbocycles. The number of hydrogen-bond acceptors (Lipinski definition) is 3. The van der Waals surface area contributed by atoms with Gasteiger partial charge in [-0.05, 0) is 56.5 Å². The topological polar surface area (TPSA) is 32.8 Å². The molecule has 4 nitrogen and oxygen atoms in total. The second-order valence-corrected chi connectivity index (χ2v) is 7.46. The molecule has 0 N–H and O–H groups in total.